The van der Waals surface area contributed by atoms with Crippen LogP contribution in [0.5, 0.6) is 0 Å². The maximum atomic E-state index is 6.02. The number of halogens is 1. The summed E-state index contributed by atoms with van der Waals surface area (Å²) < 4.78 is 2.06. The molecule has 0 atom stereocenters. The molecule has 0 N–H and O–H groups in total. The quantitative estimate of drug-likeness (QED) is 0.651. The van der Waals surface area contributed by atoms with Gasteiger partial charge in [0.15, 0.2) is 0 Å². The molecule has 0 saturated carbocycles. The highest BCUT2D eigenvalue weighted by atomic mass is 35.5. The summed E-state index contributed by atoms with van der Waals surface area (Å²) in [6, 6.07) is 9.93. The molecule has 0 saturated heterocycles. The summed E-state index contributed by atoms with van der Waals surface area (Å²) in [7, 11) is 0. The Hall–Kier alpha value is -1.21. The van der Waals surface area contributed by atoms with E-state index in [4.69, 9.17) is 11.6 Å². The van der Waals surface area contributed by atoms with Crippen LogP contribution in [0.15, 0.2) is 42.7 Å². The number of benzene rings is 1. The predicted molar refractivity (Wildman–Crippen MR) is 55.5 cm³/mol. The van der Waals surface area contributed by atoms with Crippen LogP contribution in [0.25, 0.3) is 5.69 Å². The molecule has 0 spiro atoms. The van der Waals surface area contributed by atoms with Crippen LogP contribution in [0.4, 0.5) is 0 Å². The van der Waals surface area contributed by atoms with Crippen molar-refractivity contribution in [1.82, 2.24) is 4.57 Å². The maximum absolute atomic E-state index is 6.02. The van der Waals surface area contributed by atoms with Gasteiger partial charge in [-0.05, 0) is 36.8 Å². The third-order valence-electron chi connectivity index (χ3n) is 2.12. The average Bonchev–Trinajstić information content (AvgIpc) is 2.62. The molecule has 0 aliphatic heterocycles. The second kappa shape index (κ2) is 3.27. The minimum Gasteiger partial charge on any atom is -0.324 e. The molecule has 2 heteroatoms. The fourth-order valence-corrected chi connectivity index (χ4v) is 1.54. The lowest BCUT2D eigenvalue weighted by molar-refractivity contribution is 1.06. The molecule has 0 amide bonds. The second-order valence-electron chi connectivity index (χ2n) is 2.97. The first kappa shape index (κ1) is 8.39. The third kappa shape index (κ3) is 1.47. The minimum atomic E-state index is 0.811. The van der Waals surface area contributed by atoms with Crippen LogP contribution in [-0.4, -0.2) is 4.57 Å². The van der Waals surface area contributed by atoms with Crippen LogP contribution in [0.2, 0.25) is 5.02 Å². The Kier molecular flexibility index (Phi) is 2.11. The molecule has 0 aliphatic rings. The molecule has 0 unspecified atom stereocenters. The molecule has 13 heavy (non-hydrogen) atoms. The van der Waals surface area contributed by atoms with Crippen molar-refractivity contribution in [3.05, 3.63) is 53.3 Å². The molecule has 0 aliphatic carbocycles. The molecule has 2 aromatic rings. The van der Waals surface area contributed by atoms with E-state index in [9.17, 15) is 0 Å². The van der Waals surface area contributed by atoms with Crippen molar-refractivity contribution in [2.45, 2.75) is 6.92 Å². The molecule has 0 radical (unpaired) electrons. The van der Waals surface area contributed by atoms with Crippen LogP contribution >= 0.6 is 11.6 Å². The first-order chi connectivity index (χ1) is 6.29. The summed E-state index contributed by atoms with van der Waals surface area (Å²) in [5.41, 5.74) is 2.25. The maximum Gasteiger partial charge on any atom is 0.0493 e. The van der Waals surface area contributed by atoms with Crippen molar-refractivity contribution in [1.29, 1.82) is 0 Å². The zero-order chi connectivity index (χ0) is 9.26. The van der Waals surface area contributed by atoms with E-state index in [0.717, 1.165) is 16.3 Å². The van der Waals surface area contributed by atoms with Gasteiger partial charge >= 0.3 is 0 Å². The molecule has 0 bridgehead atoms. The van der Waals surface area contributed by atoms with E-state index >= 15 is 0 Å². The Labute approximate surface area is 82.6 Å². The summed E-state index contributed by atoms with van der Waals surface area (Å²) in [5.74, 6) is 0. The number of hydrogen-bond acceptors (Lipinski definition) is 0. The Bertz CT molecular complexity index is 404. The first-order valence-corrected chi connectivity index (χ1v) is 4.55. The summed E-state index contributed by atoms with van der Waals surface area (Å²) in [6.45, 7) is 2.03. The average molecular weight is 192 g/mol. The van der Waals surface area contributed by atoms with Crippen molar-refractivity contribution in [2.24, 2.45) is 0 Å². The normalized spacial score (nSPS) is 10.3. The second-order valence-corrected chi connectivity index (χ2v) is 3.38. The fraction of sp³-hybridized carbons (Fsp3) is 0.0909. The van der Waals surface area contributed by atoms with Gasteiger partial charge in [0.2, 0.25) is 0 Å². The van der Waals surface area contributed by atoms with Gasteiger partial charge in [-0.2, -0.15) is 0 Å². The SMILES string of the molecule is Cc1c(Cl)cccc1-n1cccc1. The van der Waals surface area contributed by atoms with E-state index in [1.165, 1.54) is 0 Å². The molecule has 1 nitrogen and oxygen atoms in total. The standard InChI is InChI=1S/C11H10ClN/c1-9-10(12)5-4-6-11(9)13-7-2-3-8-13/h2-8H,1H3. The van der Waals surface area contributed by atoms with Crippen molar-refractivity contribution >= 4 is 11.6 Å². The zero-order valence-electron chi connectivity index (χ0n) is 7.37. The van der Waals surface area contributed by atoms with Gasteiger partial charge in [-0.15, -0.1) is 0 Å². The number of hydrogen-bond donors (Lipinski definition) is 0. The number of rotatable bonds is 1. The molecule has 0 fully saturated rings. The van der Waals surface area contributed by atoms with Crippen LogP contribution in [0, 0.1) is 6.92 Å². The van der Waals surface area contributed by atoms with Gasteiger partial charge in [0.25, 0.3) is 0 Å². The Morgan fingerprint density at radius 3 is 2.46 bits per heavy atom. The van der Waals surface area contributed by atoms with Gasteiger partial charge in [-0.3, -0.25) is 0 Å². The van der Waals surface area contributed by atoms with Crippen molar-refractivity contribution in [3.8, 4) is 5.69 Å². The summed E-state index contributed by atoms with van der Waals surface area (Å²) >= 11 is 6.02. The smallest absolute Gasteiger partial charge is 0.0493 e. The van der Waals surface area contributed by atoms with Crippen LogP contribution in [0.1, 0.15) is 5.56 Å². The van der Waals surface area contributed by atoms with Gasteiger partial charge in [0.05, 0.1) is 0 Å². The van der Waals surface area contributed by atoms with E-state index in [0.29, 0.717) is 0 Å². The van der Waals surface area contributed by atoms with E-state index in [-0.39, 0.29) is 0 Å². The van der Waals surface area contributed by atoms with Crippen molar-refractivity contribution in [2.75, 3.05) is 0 Å². The van der Waals surface area contributed by atoms with Gasteiger partial charge in [0, 0.05) is 23.1 Å². The topological polar surface area (TPSA) is 4.93 Å². The van der Waals surface area contributed by atoms with Crippen LogP contribution in [0.3, 0.4) is 0 Å². The lowest BCUT2D eigenvalue weighted by atomic mass is 10.2. The zero-order valence-corrected chi connectivity index (χ0v) is 8.12. The van der Waals surface area contributed by atoms with Gasteiger partial charge in [-0.25, -0.2) is 0 Å². The van der Waals surface area contributed by atoms with Crippen LogP contribution in [-0.2, 0) is 0 Å². The summed E-state index contributed by atoms with van der Waals surface area (Å²) in [4.78, 5) is 0. The largest absolute Gasteiger partial charge is 0.324 e. The predicted octanol–water partition coefficient (Wildman–Crippen LogP) is 3.44. The third-order valence-corrected chi connectivity index (χ3v) is 2.53. The van der Waals surface area contributed by atoms with E-state index in [2.05, 4.69) is 10.6 Å². The molecule has 1 aromatic heterocycles. The summed E-state index contributed by atoms with van der Waals surface area (Å²) in [5, 5.41) is 0.811. The summed E-state index contributed by atoms with van der Waals surface area (Å²) in [6.07, 6.45) is 4.03. The van der Waals surface area contributed by atoms with Crippen LogP contribution < -0.4 is 0 Å². The van der Waals surface area contributed by atoms with E-state index in [1.807, 2.05) is 43.6 Å². The highest BCUT2D eigenvalue weighted by molar-refractivity contribution is 6.31. The molecule has 2 rings (SSSR count). The lowest BCUT2D eigenvalue weighted by Crippen LogP contribution is -1.93. The monoisotopic (exact) mass is 191 g/mol. The Morgan fingerprint density at radius 2 is 1.77 bits per heavy atom. The number of aromatic nitrogens is 1. The molecular formula is C11H10ClN. The first-order valence-electron chi connectivity index (χ1n) is 4.17. The van der Waals surface area contributed by atoms with Crippen molar-refractivity contribution < 1.29 is 0 Å². The van der Waals surface area contributed by atoms with Gasteiger partial charge < -0.3 is 4.57 Å². The highest BCUT2D eigenvalue weighted by Crippen LogP contribution is 2.21. The van der Waals surface area contributed by atoms with Gasteiger partial charge in [-0.1, -0.05) is 17.7 Å². The molecule has 1 aromatic carbocycles. The Morgan fingerprint density at radius 1 is 1.08 bits per heavy atom. The molecule has 1 heterocycles. The molecular weight excluding hydrogens is 182 g/mol. The number of nitrogens with zero attached hydrogens (tertiary/aromatic N) is 1. The van der Waals surface area contributed by atoms with Crippen molar-refractivity contribution in [3.63, 3.8) is 0 Å². The highest BCUT2D eigenvalue weighted by Gasteiger charge is 2.01. The molecule has 66 valence electrons. The van der Waals surface area contributed by atoms with E-state index < -0.39 is 0 Å². The Balaban J connectivity index is 2.59. The van der Waals surface area contributed by atoms with Gasteiger partial charge in [0.1, 0.15) is 0 Å². The lowest BCUT2D eigenvalue weighted by Gasteiger charge is -2.07. The fourth-order valence-electron chi connectivity index (χ4n) is 1.37. The minimum absolute atomic E-state index is 0.811. The van der Waals surface area contributed by atoms with E-state index in [1.54, 1.807) is 0 Å².